The Bertz CT molecular complexity index is 867. The molecule has 24 heavy (non-hydrogen) atoms. The number of anilines is 1. The molecule has 0 radical (unpaired) electrons. The van der Waals surface area contributed by atoms with Gasteiger partial charge in [-0.15, -0.1) is 0 Å². The lowest BCUT2D eigenvalue weighted by Crippen LogP contribution is -2.31. The van der Waals surface area contributed by atoms with Crippen LogP contribution in [0.5, 0.6) is 0 Å². The molecule has 3 aromatic rings. The maximum atomic E-state index is 16.0. The summed E-state index contributed by atoms with van der Waals surface area (Å²) in [6.07, 6.45) is -0.182. The number of hydrogen-bond acceptors (Lipinski definition) is 2. The van der Waals surface area contributed by atoms with E-state index in [4.69, 9.17) is 17.3 Å². The highest BCUT2D eigenvalue weighted by Crippen LogP contribution is 2.37. The van der Waals surface area contributed by atoms with E-state index in [1.807, 2.05) is 0 Å². The molecule has 0 fully saturated rings. The van der Waals surface area contributed by atoms with Gasteiger partial charge in [-0.3, -0.25) is 5.73 Å². The van der Waals surface area contributed by atoms with Crippen molar-refractivity contribution < 1.29 is 18.2 Å². The molecule has 3 N–H and O–H groups in total. The monoisotopic (exact) mass is 369 g/mol. The summed E-state index contributed by atoms with van der Waals surface area (Å²) in [4.78, 5) is 2.80. The summed E-state index contributed by atoms with van der Waals surface area (Å²) in [5.41, 5.74) is 4.61. The number of H-pyrrole nitrogens is 1. The van der Waals surface area contributed by atoms with Crippen molar-refractivity contribution in [1.82, 2.24) is 0 Å². The number of hydrogen-bond donors (Lipinski definition) is 1. The average molecular weight is 370 g/mol. The van der Waals surface area contributed by atoms with E-state index in [1.165, 1.54) is 17.4 Å². The van der Waals surface area contributed by atoms with Crippen molar-refractivity contribution >= 4 is 28.1 Å². The van der Waals surface area contributed by atoms with Gasteiger partial charge < -0.3 is 0 Å². The van der Waals surface area contributed by atoms with E-state index >= 15 is 4.39 Å². The van der Waals surface area contributed by atoms with Gasteiger partial charge in [-0.2, -0.15) is 0 Å². The minimum absolute atomic E-state index is 0.182. The molecule has 124 valence electrons. The fourth-order valence-electron chi connectivity index (χ4n) is 2.50. The standard InChI is InChI=1S/C17H12ClF3N2S/c18-12-4-2-11(3-5-12)17(21,15-9-24-16(22)23-15)8-10-1-6-13(19)14(20)7-10/h1-7,9H,8H2,(H2,22,23)/p+1. The molecule has 0 spiro atoms. The predicted molar refractivity (Wildman–Crippen MR) is 88.7 cm³/mol. The Balaban J connectivity index is 2.07. The number of thiazole rings is 1. The molecule has 0 saturated carbocycles. The minimum atomic E-state index is -1.98. The molecular formula is C17H13ClF3N2S+. The number of alkyl halides is 1. The molecule has 0 bridgehead atoms. The molecule has 0 aliphatic rings. The van der Waals surface area contributed by atoms with Gasteiger partial charge in [0.25, 0.3) is 0 Å². The van der Waals surface area contributed by atoms with Crippen molar-refractivity contribution in [2.45, 2.75) is 12.1 Å². The van der Waals surface area contributed by atoms with E-state index in [0.29, 0.717) is 21.3 Å². The van der Waals surface area contributed by atoms with Crippen molar-refractivity contribution in [3.8, 4) is 0 Å². The van der Waals surface area contributed by atoms with Gasteiger partial charge in [0.15, 0.2) is 17.3 Å². The van der Waals surface area contributed by atoms with Crippen LogP contribution in [0.4, 0.5) is 18.3 Å². The third-order valence-corrected chi connectivity index (χ3v) is 4.68. The highest BCUT2D eigenvalue weighted by Gasteiger charge is 2.39. The van der Waals surface area contributed by atoms with Gasteiger partial charge in [-0.25, -0.2) is 18.2 Å². The summed E-state index contributed by atoms with van der Waals surface area (Å²) in [5.74, 6) is -1.99. The molecule has 2 aromatic carbocycles. The summed E-state index contributed by atoms with van der Waals surface area (Å²) >= 11 is 7.04. The second-order valence-electron chi connectivity index (χ2n) is 5.37. The summed E-state index contributed by atoms with van der Waals surface area (Å²) in [6, 6.07) is 9.61. The maximum absolute atomic E-state index is 16.0. The largest absolute Gasteiger partial charge is 0.329 e. The first kappa shape index (κ1) is 16.8. The van der Waals surface area contributed by atoms with Gasteiger partial charge >= 0.3 is 5.13 Å². The predicted octanol–water partition coefficient (Wildman–Crippen LogP) is 4.53. The SMILES string of the molecule is Nc1[nH+]c(C(F)(Cc2ccc(F)c(F)c2)c2ccc(Cl)cc2)cs1. The van der Waals surface area contributed by atoms with E-state index in [2.05, 4.69) is 4.98 Å². The van der Waals surface area contributed by atoms with Crippen LogP contribution in [0.2, 0.25) is 5.02 Å². The molecule has 1 unspecified atom stereocenters. The molecule has 7 heteroatoms. The smallest absolute Gasteiger partial charge is 0.278 e. The van der Waals surface area contributed by atoms with Crippen LogP contribution in [-0.2, 0) is 12.1 Å². The van der Waals surface area contributed by atoms with Crippen LogP contribution in [-0.4, -0.2) is 0 Å². The van der Waals surface area contributed by atoms with Crippen molar-refractivity contribution in [1.29, 1.82) is 0 Å². The van der Waals surface area contributed by atoms with Gasteiger partial charge in [0.05, 0.1) is 0 Å². The van der Waals surface area contributed by atoms with Crippen LogP contribution < -0.4 is 10.7 Å². The zero-order valence-corrected chi connectivity index (χ0v) is 13.9. The van der Waals surface area contributed by atoms with Gasteiger partial charge in [0, 0.05) is 16.8 Å². The van der Waals surface area contributed by atoms with Gasteiger partial charge in [-0.1, -0.05) is 41.1 Å². The Morgan fingerprint density at radius 1 is 1.08 bits per heavy atom. The normalized spacial score (nSPS) is 13.7. The van der Waals surface area contributed by atoms with E-state index < -0.39 is 17.3 Å². The number of aromatic nitrogens is 1. The van der Waals surface area contributed by atoms with E-state index in [0.717, 1.165) is 12.1 Å². The second kappa shape index (κ2) is 6.45. The number of benzene rings is 2. The van der Waals surface area contributed by atoms with Crippen LogP contribution in [0.15, 0.2) is 47.8 Å². The molecule has 0 aliphatic heterocycles. The highest BCUT2D eigenvalue weighted by atomic mass is 35.5. The Hall–Kier alpha value is -2.05. The van der Waals surface area contributed by atoms with E-state index in [9.17, 15) is 8.78 Å². The molecule has 3 rings (SSSR count). The fraction of sp³-hybridized carbons (Fsp3) is 0.118. The number of nitrogen functional groups attached to an aromatic ring is 1. The summed E-state index contributed by atoms with van der Waals surface area (Å²) in [7, 11) is 0. The van der Waals surface area contributed by atoms with Crippen molar-refractivity contribution in [2.75, 3.05) is 5.73 Å². The molecule has 0 saturated heterocycles. The zero-order chi connectivity index (χ0) is 17.3. The number of aromatic amines is 1. The Labute approximate surface area is 145 Å². The highest BCUT2D eigenvalue weighted by molar-refractivity contribution is 7.13. The first-order valence-electron chi connectivity index (χ1n) is 7.04. The molecule has 2 nitrogen and oxygen atoms in total. The molecule has 1 aromatic heterocycles. The average Bonchev–Trinajstić information content (AvgIpc) is 2.99. The van der Waals surface area contributed by atoms with Crippen LogP contribution >= 0.6 is 22.9 Å². The van der Waals surface area contributed by atoms with Crippen LogP contribution in [0.1, 0.15) is 16.8 Å². The van der Waals surface area contributed by atoms with Crippen molar-refractivity contribution in [3.05, 3.63) is 81.3 Å². The van der Waals surface area contributed by atoms with E-state index in [1.54, 1.807) is 29.6 Å². The first-order chi connectivity index (χ1) is 11.4. The summed E-state index contributed by atoms with van der Waals surface area (Å²) in [6.45, 7) is 0. The Kier molecular flexibility index (Phi) is 4.51. The Morgan fingerprint density at radius 3 is 2.38 bits per heavy atom. The van der Waals surface area contributed by atoms with Gasteiger partial charge in [0.2, 0.25) is 5.67 Å². The van der Waals surface area contributed by atoms with Crippen molar-refractivity contribution in [2.24, 2.45) is 0 Å². The molecule has 0 aliphatic carbocycles. The summed E-state index contributed by atoms with van der Waals surface area (Å²) < 4.78 is 42.6. The Morgan fingerprint density at radius 2 is 1.79 bits per heavy atom. The van der Waals surface area contributed by atoms with Crippen molar-refractivity contribution in [3.63, 3.8) is 0 Å². The zero-order valence-electron chi connectivity index (χ0n) is 12.3. The minimum Gasteiger partial charge on any atom is -0.278 e. The third kappa shape index (κ3) is 3.25. The quantitative estimate of drug-likeness (QED) is 0.721. The van der Waals surface area contributed by atoms with Crippen LogP contribution in [0.3, 0.4) is 0 Å². The first-order valence-corrected chi connectivity index (χ1v) is 8.30. The van der Waals surface area contributed by atoms with Crippen LogP contribution in [0, 0.1) is 11.6 Å². The number of nitrogens with two attached hydrogens (primary N) is 1. The fourth-order valence-corrected chi connectivity index (χ4v) is 3.29. The topological polar surface area (TPSA) is 40.2 Å². The number of rotatable bonds is 4. The molecule has 1 heterocycles. The maximum Gasteiger partial charge on any atom is 0.329 e. The lowest BCUT2D eigenvalue weighted by molar-refractivity contribution is -0.379. The second-order valence-corrected chi connectivity index (χ2v) is 6.72. The third-order valence-electron chi connectivity index (χ3n) is 3.72. The number of nitrogens with one attached hydrogen (secondary N) is 1. The summed E-state index contributed by atoms with van der Waals surface area (Å²) in [5, 5.41) is 2.40. The van der Waals surface area contributed by atoms with Crippen LogP contribution in [0.25, 0.3) is 0 Å². The lowest BCUT2D eigenvalue weighted by atomic mass is 9.86. The molecule has 0 amide bonds. The molecular weight excluding hydrogens is 357 g/mol. The lowest BCUT2D eigenvalue weighted by Gasteiger charge is -2.23. The van der Waals surface area contributed by atoms with Gasteiger partial charge in [0.1, 0.15) is 0 Å². The number of halogens is 4. The molecule has 1 atom stereocenters. The van der Waals surface area contributed by atoms with Gasteiger partial charge in [-0.05, 0) is 35.4 Å². The van der Waals surface area contributed by atoms with E-state index in [-0.39, 0.29) is 12.1 Å².